The van der Waals surface area contributed by atoms with E-state index < -0.39 is 6.04 Å². The van der Waals surface area contributed by atoms with Gasteiger partial charge in [-0.2, -0.15) is 0 Å². The second-order valence-electron chi connectivity index (χ2n) is 6.71. The summed E-state index contributed by atoms with van der Waals surface area (Å²) in [6, 6.07) is 11.2. The van der Waals surface area contributed by atoms with Gasteiger partial charge in [0.25, 0.3) is 0 Å². The normalized spacial score (nSPS) is 16.7. The van der Waals surface area contributed by atoms with Crippen molar-refractivity contribution in [3.05, 3.63) is 63.9 Å². The van der Waals surface area contributed by atoms with Crippen molar-refractivity contribution in [3.63, 3.8) is 0 Å². The van der Waals surface area contributed by atoms with E-state index in [0.29, 0.717) is 18.5 Å². The molecule has 0 saturated carbocycles. The minimum absolute atomic E-state index is 0.0380. The van der Waals surface area contributed by atoms with E-state index in [9.17, 15) is 14.0 Å². The molecule has 0 radical (unpaired) electrons. The molecule has 0 fully saturated rings. The molecular formula is C21H22BrFN2O2. The summed E-state index contributed by atoms with van der Waals surface area (Å²) in [5.74, 6) is -0.789. The smallest absolute Gasteiger partial charge is 0.244 e. The molecule has 0 unspecified atom stereocenters. The fraction of sp³-hybridized carbons (Fsp3) is 0.333. The predicted octanol–water partition coefficient (Wildman–Crippen LogP) is 4.89. The zero-order valence-corrected chi connectivity index (χ0v) is 16.9. The minimum Gasteiger partial charge on any atom is -0.324 e. The van der Waals surface area contributed by atoms with Crippen LogP contribution in [0.15, 0.2) is 46.9 Å². The minimum atomic E-state index is -0.467. The van der Waals surface area contributed by atoms with Crippen molar-refractivity contribution in [2.45, 2.75) is 32.7 Å². The zero-order chi connectivity index (χ0) is 19.6. The molecule has 1 aliphatic rings. The van der Waals surface area contributed by atoms with E-state index in [1.165, 1.54) is 12.1 Å². The molecule has 0 aromatic heterocycles. The number of nitrogens with one attached hydrogen (secondary N) is 1. The van der Waals surface area contributed by atoms with Crippen molar-refractivity contribution in [3.8, 4) is 0 Å². The molecule has 2 amide bonds. The average Bonchev–Trinajstić information content (AvgIpc) is 2.79. The molecule has 4 nitrogen and oxygen atoms in total. The molecule has 2 aromatic carbocycles. The molecule has 0 saturated heterocycles. The van der Waals surface area contributed by atoms with Gasteiger partial charge in [-0.25, -0.2) is 4.39 Å². The lowest BCUT2D eigenvalue weighted by atomic mass is 9.93. The standard InChI is InChI=1S/C21H22BrFN2O2/c1-3-13(4-2)21(27)25-12-19(26)24-18-10-7-15(22)11-17(18)20(25)14-5-8-16(23)9-6-14/h5-11,13,20H,3-4,12H2,1-2H3,(H,24,26)/t20-/m1/s1. The number of fused-ring (bicyclic) bond motifs is 1. The SMILES string of the molecule is CCC(CC)C(=O)N1CC(=O)Nc2ccc(Br)cc2[C@H]1c1ccc(F)cc1. The Morgan fingerprint density at radius 3 is 2.52 bits per heavy atom. The summed E-state index contributed by atoms with van der Waals surface area (Å²) in [6.45, 7) is 3.91. The maximum Gasteiger partial charge on any atom is 0.244 e. The summed E-state index contributed by atoms with van der Waals surface area (Å²) in [5, 5.41) is 2.89. The van der Waals surface area contributed by atoms with Gasteiger partial charge in [0.1, 0.15) is 12.4 Å². The van der Waals surface area contributed by atoms with Crippen LogP contribution in [-0.4, -0.2) is 23.3 Å². The van der Waals surface area contributed by atoms with Gasteiger partial charge in [0, 0.05) is 21.6 Å². The molecule has 1 N–H and O–H groups in total. The van der Waals surface area contributed by atoms with Gasteiger partial charge in [-0.15, -0.1) is 0 Å². The van der Waals surface area contributed by atoms with Crippen LogP contribution >= 0.6 is 15.9 Å². The van der Waals surface area contributed by atoms with Crippen LogP contribution in [0.5, 0.6) is 0 Å². The van der Waals surface area contributed by atoms with Crippen LogP contribution in [0, 0.1) is 11.7 Å². The van der Waals surface area contributed by atoms with Crippen LogP contribution in [-0.2, 0) is 9.59 Å². The highest BCUT2D eigenvalue weighted by Gasteiger charge is 2.35. The first-order valence-electron chi connectivity index (χ1n) is 9.09. The van der Waals surface area contributed by atoms with Crippen molar-refractivity contribution in [2.24, 2.45) is 5.92 Å². The molecule has 3 rings (SSSR count). The van der Waals surface area contributed by atoms with E-state index in [1.807, 2.05) is 32.0 Å². The molecule has 2 aromatic rings. The second kappa shape index (κ2) is 8.21. The Balaban J connectivity index is 2.18. The largest absolute Gasteiger partial charge is 0.324 e. The first-order chi connectivity index (χ1) is 12.9. The van der Waals surface area contributed by atoms with E-state index in [1.54, 1.807) is 17.0 Å². The number of nitrogens with zero attached hydrogens (tertiary/aromatic N) is 1. The lowest BCUT2D eigenvalue weighted by Gasteiger charge is -2.33. The first-order valence-corrected chi connectivity index (χ1v) is 9.89. The number of amides is 2. The van der Waals surface area contributed by atoms with Gasteiger partial charge in [0.2, 0.25) is 11.8 Å². The highest BCUT2D eigenvalue weighted by atomic mass is 79.9. The summed E-state index contributed by atoms with van der Waals surface area (Å²) in [7, 11) is 0. The molecule has 1 heterocycles. The number of hydrogen-bond donors (Lipinski definition) is 1. The fourth-order valence-electron chi connectivity index (χ4n) is 3.56. The summed E-state index contributed by atoms with van der Waals surface area (Å²) in [5.41, 5.74) is 2.24. The monoisotopic (exact) mass is 432 g/mol. The Hall–Kier alpha value is -2.21. The van der Waals surface area contributed by atoms with Crippen molar-refractivity contribution < 1.29 is 14.0 Å². The Kier molecular flexibility index (Phi) is 5.95. The molecule has 0 aliphatic carbocycles. The quantitative estimate of drug-likeness (QED) is 0.746. The first kappa shape index (κ1) is 19.5. The second-order valence-corrected chi connectivity index (χ2v) is 7.63. The Bertz CT molecular complexity index is 850. The van der Waals surface area contributed by atoms with Gasteiger partial charge < -0.3 is 10.2 Å². The summed E-state index contributed by atoms with van der Waals surface area (Å²) < 4.78 is 14.3. The van der Waals surface area contributed by atoms with Gasteiger partial charge in [0.15, 0.2) is 0 Å². The maximum absolute atomic E-state index is 13.5. The molecule has 1 atom stereocenters. The third kappa shape index (κ3) is 4.05. The summed E-state index contributed by atoms with van der Waals surface area (Å²) >= 11 is 3.48. The lowest BCUT2D eigenvalue weighted by Crippen LogP contribution is -2.42. The molecule has 6 heteroatoms. The van der Waals surface area contributed by atoms with Crippen molar-refractivity contribution in [1.82, 2.24) is 4.90 Å². The molecular weight excluding hydrogens is 411 g/mol. The van der Waals surface area contributed by atoms with Crippen molar-refractivity contribution >= 4 is 33.4 Å². The lowest BCUT2D eigenvalue weighted by molar-refractivity contribution is -0.140. The number of benzene rings is 2. The van der Waals surface area contributed by atoms with Gasteiger partial charge in [-0.3, -0.25) is 9.59 Å². The molecule has 1 aliphatic heterocycles. The van der Waals surface area contributed by atoms with Gasteiger partial charge in [-0.1, -0.05) is 41.9 Å². The molecule has 142 valence electrons. The number of halogens is 2. The Morgan fingerprint density at radius 2 is 1.89 bits per heavy atom. The number of rotatable bonds is 4. The van der Waals surface area contributed by atoms with Crippen molar-refractivity contribution in [1.29, 1.82) is 0 Å². The molecule has 0 spiro atoms. The number of carbonyl (C=O) groups is 2. The molecule has 0 bridgehead atoms. The Morgan fingerprint density at radius 1 is 1.22 bits per heavy atom. The summed E-state index contributed by atoms with van der Waals surface area (Å²) in [6.07, 6.45) is 1.41. The highest BCUT2D eigenvalue weighted by Crippen LogP contribution is 2.38. The number of hydrogen-bond acceptors (Lipinski definition) is 2. The average molecular weight is 433 g/mol. The van der Waals surface area contributed by atoms with Crippen molar-refractivity contribution in [2.75, 3.05) is 11.9 Å². The number of carbonyl (C=O) groups excluding carboxylic acids is 2. The van der Waals surface area contributed by atoms with E-state index in [4.69, 9.17) is 0 Å². The topological polar surface area (TPSA) is 49.4 Å². The van der Waals surface area contributed by atoms with Crippen LogP contribution in [0.25, 0.3) is 0 Å². The van der Waals surface area contributed by atoms with Crippen LogP contribution in [0.2, 0.25) is 0 Å². The van der Waals surface area contributed by atoms with Gasteiger partial charge in [-0.05, 0) is 48.7 Å². The maximum atomic E-state index is 13.5. The Labute approximate surface area is 166 Å². The van der Waals surface area contributed by atoms with Crippen LogP contribution in [0.3, 0.4) is 0 Å². The van der Waals surface area contributed by atoms with Gasteiger partial charge in [0.05, 0.1) is 6.04 Å². The van der Waals surface area contributed by atoms with Crippen LogP contribution in [0.1, 0.15) is 43.9 Å². The number of anilines is 1. The third-order valence-corrected chi connectivity index (χ3v) is 5.50. The fourth-order valence-corrected chi connectivity index (χ4v) is 3.94. The third-order valence-electron chi connectivity index (χ3n) is 5.01. The highest BCUT2D eigenvalue weighted by molar-refractivity contribution is 9.10. The van der Waals surface area contributed by atoms with E-state index >= 15 is 0 Å². The zero-order valence-electron chi connectivity index (χ0n) is 15.3. The summed E-state index contributed by atoms with van der Waals surface area (Å²) in [4.78, 5) is 27.4. The van der Waals surface area contributed by atoms with E-state index in [-0.39, 0.29) is 30.1 Å². The van der Waals surface area contributed by atoms with Gasteiger partial charge >= 0.3 is 0 Å². The molecule has 27 heavy (non-hydrogen) atoms. The van der Waals surface area contributed by atoms with E-state index in [0.717, 1.165) is 15.6 Å². The predicted molar refractivity (Wildman–Crippen MR) is 107 cm³/mol. The van der Waals surface area contributed by atoms with E-state index in [2.05, 4.69) is 21.2 Å². The van der Waals surface area contributed by atoms with Crippen LogP contribution < -0.4 is 5.32 Å². The van der Waals surface area contributed by atoms with Crippen LogP contribution in [0.4, 0.5) is 10.1 Å².